The van der Waals surface area contributed by atoms with E-state index in [0.717, 1.165) is 24.5 Å². The van der Waals surface area contributed by atoms with Crippen molar-refractivity contribution in [2.24, 2.45) is 0 Å². The maximum atomic E-state index is 9.67. The van der Waals surface area contributed by atoms with Gasteiger partial charge in [-0.2, -0.15) is 0 Å². The van der Waals surface area contributed by atoms with Gasteiger partial charge in [-0.1, -0.05) is 6.07 Å². The zero-order chi connectivity index (χ0) is 13.0. The molecular weight excluding hydrogens is 230 g/mol. The lowest BCUT2D eigenvalue weighted by Gasteiger charge is -2.21. The molecule has 1 saturated heterocycles. The van der Waals surface area contributed by atoms with Crippen molar-refractivity contribution in [3.05, 3.63) is 23.9 Å². The Morgan fingerprint density at radius 1 is 1.50 bits per heavy atom. The molecule has 1 aromatic rings. The predicted octanol–water partition coefficient (Wildman–Crippen LogP) is 0.341. The highest BCUT2D eigenvalue weighted by Crippen LogP contribution is 2.11. The molecule has 2 heterocycles. The number of aliphatic hydroxyl groups is 1. The first kappa shape index (κ1) is 13.3. The highest BCUT2D eigenvalue weighted by Gasteiger charge is 2.16. The number of aromatic nitrogens is 1. The molecule has 100 valence electrons. The summed E-state index contributed by atoms with van der Waals surface area (Å²) in [6, 6.07) is 4.10. The van der Waals surface area contributed by atoms with Gasteiger partial charge in [-0.05, 0) is 11.6 Å². The van der Waals surface area contributed by atoms with E-state index in [1.807, 2.05) is 31.3 Å². The molecule has 0 saturated carbocycles. The van der Waals surface area contributed by atoms with E-state index in [4.69, 9.17) is 4.74 Å². The molecule has 0 unspecified atom stereocenters. The number of aliphatic hydroxyl groups excluding tert-OH is 1. The van der Waals surface area contributed by atoms with Gasteiger partial charge in [0.25, 0.3) is 0 Å². The molecule has 1 aliphatic rings. The Bertz CT molecular complexity index is 367. The molecule has 0 aromatic carbocycles. The Kier molecular flexibility index (Phi) is 4.52. The lowest BCUT2D eigenvalue weighted by Crippen LogP contribution is -2.32. The van der Waals surface area contributed by atoms with E-state index >= 15 is 0 Å². The summed E-state index contributed by atoms with van der Waals surface area (Å²) in [5.41, 5.74) is 1.16. The normalized spacial score (nSPS) is 21.6. The maximum Gasteiger partial charge on any atom is 0.127 e. The third-order valence-corrected chi connectivity index (χ3v) is 3.00. The van der Waals surface area contributed by atoms with Crippen LogP contribution in [0.1, 0.15) is 5.56 Å². The predicted molar refractivity (Wildman–Crippen MR) is 70.7 cm³/mol. The zero-order valence-electron chi connectivity index (χ0n) is 11.0. The second-order valence-electron chi connectivity index (χ2n) is 4.88. The topological polar surface area (TPSA) is 48.8 Å². The van der Waals surface area contributed by atoms with Crippen LogP contribution in [0.4, 0.5) is 5.82 Å². The number of hydrogen-bond acceptors (Lipinski definition) is 5. The second kappa shape index (κ2) is 6.13. The minimum Gasteiger partial charge on any atom is -0.389 e. The molecule has 1 aliphatic heterocycles. The van der Waals surface area contributed by atoms with Gasteiger partial charge in [0.05, 0.1) is 19.3 Å². The van der Waals surface area contributed by atoms with Crippen LogP contribution in [-0.4, -0.2) is 61.5 Å². The number of rotatable bonds is 3. The van der Waals surface area contributed by atoms with Crippen LogP contribution in [0.3, 0.4) is 0 Å². The average molecular weight is 251 g/mol. The monoisotopic (exact) mass is 251 g/mol. The zero-order valence-corrected chi connectivity index (χ0v) is 11.0. The van der Waals surface area contributed by atoms with Crippen LogP contribution in [0.2, 0.25) is 0 Å². The third kappa shape index (κ3) is 3.66. The Morgan fingerprint density at radius 2 is 2.33 bits per heavy atom. The van der Waals surface area contributed by atoms with Gasteiger partial charge in [0.15, 0.2) is 0 Å². The fraction of sp³-hybridized carbons (Fsp3) is 0.615. The summed E-state index contributed by atoms with van der Waals surface area (Å²) in [5, 5.41) is 9.67. The molecule has 0 amide bonds. The first-order chi connectivity index (χ1) is 8.65. The average Bonchev–Trinajstić information content (AvgIpc) is 2.54. The van der Waals surface area contributed by atoms with Crippen molar-refractivity contribution in [1.82, 2.24) is 9.88 Å². The molecule has 18 heavy (non-hydrogen) atoms. The molecule has 5 nitrogen and oxygen atoms in total. The first-order valence-electron chi connectivity index (χ1n) is 6.25. The van der Waals surface area contributed by atoms with Gasteiger partial charge in [-0.3, -0.25) is 4.90 Å². The van der Waals surface area contributed by atoms with Crippen LogP contribution in [0.15, 0.2) is 18.3 Å². The molecule has 0 spiro atoms. The molecular formula is C13H21N3O2. The second-order valence-corrected chi connectivity index (χ2v) is 4.88. The van der Waals surface area contributed by atoms with Crippen LogP contribution in [0.25, 0.3) is 0 Å². The quantitative estimate of drug-likeness (QED) is 0.839. The highest BCUT2D eigenvalue weighted by atomic mass is 16.5. The van der Waals surface area contributed by atoms with E-state index < -0.39 is 0 Å². The molecule has 1 fully saturated rings. The number of ether oxygens (including phenoxy) is 1. The number of pyridine rings is 1. The summed E-state index contributed by atoms with van der Waals surface area (Å²) >= 11 is 0. The van der Waals surface area contributed by atoms with E-state index in [9.17, 15) is 5.11 Å². The van der Waals surface area contributed by atoms with Gasteiger partial charge in [-0.15, -0.1) is 0 Å². The molecule has 0 aliphatic carbocycles. The number of nitrogens with zero attached hydrogens (tertiary/aromatic N) is 3. The van der Waals surface area contributed by atoms with Gasteiger partial charge >= 0.3 is 0 Å². The van der Waals surface area contributed by atoms with Crippen LogP contribution >= 0.6 is 0 Å². The lowest BCUT2D eigenvalue weighted by atomic mass is 10.2. The summed E-state index contributed by atoms with van der Waals surface area (Å²) < 4.78 is 5.31. The van der Waals surface area contributed by atoms with Crippen LogP contribution in [-0.2, 0) is 11.3 Å². The molecule has 0 bridgehead atoms. The Labute approximate surface area is 108 Å². The maximum absolute atomic E-state index is 9.67. The van der Waals surface area contributed by atoms with E-state index in [-0.39, 0.29) is 6.10 Å². The van der Waals surface area contributed by atoms with E-state index in [2.05, 4.69) is 16.0 Å². The van der Waals surface area contributed by atoms with E-state index in [1.54, 1.807) is 0 Å². The fourth-order valence-corrected chi connectivity index (χ4v) is 2.03. The SMILES string of the molecule is CN(C)c1ccc(CN2CCOC[C@@H](O)C2)cn1. The summed E-state index contributed by atoms with van der Waals surface area (Å²) in [5.74, 6) is 0.956. The van der Waals surface area contributed by atoms with Crippen LogP contribution in [0, 0.1) is 0 Å². The number of anilines is 1. The molecule has 1 atom stereocenters. The summed E-state index contributed by atoms with van der Waals surface area (Å²) in [7, 11) is 3.95. The minimum absolute atomic E-state index is 0.387. The molecule has 2 rings (SSSR count). The van der Waals surface area contributed by atoms with Gasteiger partial charge in [0, 0.05) is 39.9 Å². The van der Waals surface area contributed by atoms with Crippen molar-refractivity contribution in [2.75, 3.05) is 45.3 Å². The van der Waals surface area contributed by atoms with Crippen molar-refractivity contribution >= 4 is 5.82 Å². The summed E-state index contributed by atoms with van der Waals surface area (Å²) in [6.07, 6.45) is 1.51. The Morgan fingerprint density at radius 3 is 3.00 bits per heavy atom. The molecule has 5 heteroatoms. The van der Waals surface area contributed by atoms with Crippen molar-refractivity contribution in [3.8, 4) is 0 Å². The van der Waals surface area contributed by atoms with Crippen molar-refractivity contribution < 1.29 is 9.84 Å². The Hall–Kier alpha value is -1.17. The fourth-order valence-electron chi connectivity index (χ4n) is 2.03. The van der Waals surface area contributed by atoms with Crippen molar-refractivity contribution in [1.29, 1.82) is 0 Å². The standard InChI is InChI=1S/C13H21N3O2/c1-15(2)13-4-3-11(7-14-13)8-16-5-6-18-10-12(17)9-16/h3-4,7,12,17H,5-6,8-10H2,1-2H3/t12-/m0/s1. The summed E-state index contributed by atoms with van der Waals surface area (Å²) in [4.78, 5) is 8.57. The van der Waals surface area contributed by atoms with Crippen molar-refractivity contribution in [3.63, 3.8) is 0 Å². The number of β-amino-alcohol motifs (C(OH)–C–C–N with tert-alkyl or cyclic N) is 1. The van der Waals surface area contributed by atoms with Gasteiger partial charge < -0.3 is 14.7 Å². The highest BCUT2D eigenvalue weighted by molar-refractivity contribution is 5.37. The van der Waals surface area contributed by atoms with Gasteiger partial charge in [0.2, 0.25) is 0 Å². The van der Waals surface area contributed by atoms with Gasteiger partial charge in [0.1, 0.15) is 5.82 Å². The Balaban J connectivity index is 1.95. The smallest absolute Gasteiger partial charge is 0.127 e. The lowest BCUT2D eigenvalue weighted by molar-refractivity contribution is 0.0562. The van der Waals surface area contributed by atoms with E-state index in [1.165, 1.54) is 0 Å². The number of hydrogen-bond donors (Lipinski definition) is 1. The van der Waals surface area contributed by atoms with Crippen molar-refractivity contribution in [2.45, 2.75) is 12.6 Å². The van der Waals surface area contributed by atoms with Crippen LogP contribution in [0.5, 0.6) is 0 Å². The largest absolute Gasteiger partial charge is 0.389 e. The molecule has 1 aromatic heterocycles. The van der Waals surface area contributed by atoms with Gasteiger partial charge in [-0.25, -0.2) is 4.98 Å². The van der Waals surface area contributed by atoms with E-state index in [0.29, 0.717) is 19.8 Å². The third-order valence-electron chi connectivity index (χ3n) is 3.00. The minimum atomic E-state index is -0.387. The van der Waals surface area contributed by atoms with Crippen LogP contribution < -0.4 is 4.90 Å². The molecule has 0 radical (unpaired) electrons. The first-order valence-corrected chi connectivity index (χ1v) is 6.25. The summed E-state index contributed by atoms with van der Waals surface area (Å²) in [6.45, 7) is 3.44. The molecule has 1 N–H and O–H groups in total.